The number of hydrogen-bond acceptors (Lipinski definition) is 4. The van der Waals surface area contributed by atoms with Gasteiger partial charge in [-0.15, -0.1) is 0 Å². The molecule has 164 valence electrons. The van der Waals surface area contributed by atoms with Crippen molar-refractivity contribution < 1.29 is 14.0 Å². The Balaban J connectivity index is 1.60. The van der Waals surface area contributed by atoms with Gasteiger partial charge in [-0.05, 0) is 43.0 Å². The van der Waals surface area contributed by atoms with E-state index in [4.69, 9.17) is 4.84 Å². The van der Waals surface area contributed by atoms with E-state index in [0.717, 1.165) is 30.5 Å². The van der Waals surface area contributed by atoms with Gasteiger partial charge in [-0.3, -0.25) is 9.63 Å². The number of rotatable bonds is 9. The van der Waals surface area contributed by atoms with Crippen LogP contribution in [0, 0.1) is 23.1 Å². The van der Waals surface area contributed by atoms with Gasteiger partial charge in [-0.2, -0.15) is 5.26 Å². The first-order valence-electron chi connectivity index (χ1n) is 11.0. The van der Waals surface area contributed by atoms with Gasteiger partial charge in [0.2, 0.25) is 5.91 Å². The van der Waals surface area contributed by atoms with Crippen molar-refractivity contribution in [2.75, 3.05) is 24.5 Å². The summed E-state index contributed by atoms with van der Waals surface area (Å²) in [5.41, 5.74) is 2.10. The quantitative estimate of drug-likeness (QED) is 0.418. The number of halogens is 1. The summed E-state index contributed by atoms with van der Waals surface area (Å²) < 4.78 is 13.4. The molecule has 1 aliphatic heterocycles. The lowest BCUT2D eigenvalue weighted by molar-refractivity contribution is -0.197. The van der Waals surface area contributed by atoms with Crippen molar-refractivity contribution in [2.24, 2.45) is 5.92 Å². The highest BCUT2D eigenvalue weighted by Gasteiger charge is 2.30. The molecule has 1 fully saturated rings. The molecular weight excluding hydrogens is 393 g/mol. The highest BCUT2D eigenvalue weighted by molar-refractivity contribution is 5.78. The molecule has 0 bridgehead atoms. The van der Waals surface area contributed by atoms with E-state index in [2.05, 4.69) is 17.9 Å². The van der Waals surface area contributed by atoms with Crippen molar-refractivity contribution in [3.8, 4) is 6.07 Å². The maximum atomic E-state index is 13.4. The molecule has 2 aromatic carbocycles. The zero-order valence-electron chi connectivity index (χ0n) is 18.1. The van der Waals surface area contributed by atoms with Crippen LogP contribution in [0.2, 0.25) is 0 Å². The summed E-state index contributed by atoms with van der Waals surface area (Å²) in [6, 6.07) is 16.2. The molecule has 1 heterocycles. The van der Waals surface area contributed by atoms with Gasteiger partial charge in [0.1, 0.15) is 18.5 Å². The fourth-order valence-electron chi connectivity index (χ4n) is 3.92. The Morgan fingerprint density at radius 2 is 1.94 bits per heavy atom. The Morgan fingerprint density at radius 1 is 1.19 bits per heavy atom. The molecule has 0 aliphatic carbocycles. The molecule has 0 aromatic heterocycles. The number of piperidine rings is 1. The molecule has 3 rings (SSSR count). The number of unbranched alkanes of at least 4 members (excludes halogenated alkanes) is 2. The van der Waals surface area contributed by atoms with Gasteiger partial charge in [0.15, 0.2) is 0 Å². The lowest BCUT2D eigenvalue weighted by Gasteiger charge is -2.35. The van der Waals surface area contributed by atoms with Crippen LogP contribution in [0.1, 0.15) is 50.2 Å². The fraction of sp³-hybridized carbons (Fsp3) is 0.440. The summed E-state index contributed by atoms with van der Waals surface area (Å²) in [6.07, 6.45) is 4.41. The third-order valence-corrected chi connectivity index (χ3v) is 5.70. The maximum Gasteiger partial charge on any atom is 0.249 e. The van der Waals surface area contributed by atoms with Crippen LogP contribution in [-0.4, -0.2) is 30.6 Å². The summed E-state index contributed by atoms with van der Waals surface area (Å²) in [4.78, 5) is 21.2. The molecule has 1 amide bonds. The minimum Gasteiger partial charge on any atom is -0.370 e. The van der Waals surface area contributed by atoms with E-state index in [1.165, 1.54) is 12.1 Å². The number of hydrogen-bond donors (Lipinski definition) is 0. The molecule has 0 unspecified atom stereocenters. The Labute approximate surface area is 184 Å². The number of hydroxylamine groups is 2. The van der Waals surface area contributed by atoms with E-state index in [-0.39, 0.29) is 11.8 Å². The normalized spacial score (nSPS) is 14.3. The van der Waals surface area contributed by atoms with Crippen molar-refractivity contribution >= 4 is 11.6 Å². The molecular formula is C25H30FN3O2. The molecule has 6 heteroatoms. The second-order valence-electron chi connectivity index (χ2n) is 7.94. The highest BCUT2D eigenvalue weighted by Crippen LogP contribution is 2.28. The molecule has 31 heavy (non-hydrogen) atoms. The number of amides is 1. The van der Waals surface area contributed by atoms with Crippen molar-refractivity contribution in [1.82, 2.24) is 5.06 Å². The van der Waals surface area contributed by atoms with Crippen LogP contribution in [0.25, 0.3) is 0 Å². The van der Waals surface area contributed by atoms with Crippen LogP contribution in [-0.2, 0) is 16.2 Å². The summed E-state index contributed by atoms with van der Waals surface area (Å²) in [7, 11) is 0. The summed E-state index contributed by atoms with van der Waals surface area (Å²) in [6.45, 7) is 4.41. The Hall–Kier alpha value is -2.91. The molecule has 2 aromatic rings. The number of nitriles is 1. The van der Waals surface area contributed by atoms with Gasteiger partial charge >= 0.3 is 0 Å². The number of carbonyl (C=O) groups excluding carboxylic acids is 1. The summed E-state index contributed by atoms with van der Waals surface area (Å²) >= 11 is 0. The highest BCUT2D eigenvalue weighted by atomic mass is 19.1. The third-order valence-electron chi connectivity index (χ3n) is 5.70. The number of nitrogens with zero attached hydrogens (tertiary/aromatic N) is 3. The largest absolute Gasteiger partial charge is 0.370 e. The van der Waals surface area contributed by atoms with Gasteiger partial charge in [-0.1, -0.05) is 50.1 Å². The second-order valence-corrected chi connectivity index (χ2v) is 7.94. The topological polar surface area (TPSA) is 56.6 Å². The summed E-state index contributed by atoms with van der Waals surface area (Å²) in [5, 5.41) is 10.9. The lowest BCUT2D eigenvalue weighted by atomic mass is 9.94. The fourth-order valence-corrected chi connectivity index (χ4v) is 3.92. The number of anilines is 1. The monoisotopic (exact) mass is 423 g/mol. The molecule has 5 nitrogen and oxygen atoms in total. The van der Waals surface area contributed by atoms with E-state index in [9.17, 15) is 14.4 Å². The van der Waals surface area contributed by atoms with E-state index >= 15 is 0 Å². The van der Waals surface area contributed by atoms with Crippen LogP contribution >= 0.6 is 0 Å². The van der Waals surface area contributed by atoms with Crippen LogP contribution in [0.3, 0.4) is 0 Å². The molecule has 0 saturated carbocycles. The van der Waals surface area contributed by atoms with Crippen LogP contribution in [0.5, 0.6) is 0 Å². The van der Waals surface area contributed by atoms with Crippen molar-refractivity contribution in [3.05, 3.63) is 65.5 Å². The average Bonchev–Trinajstić information content (AvgIpc) is 2.81. The van der Waals surface area contributed by atoms with Crippen LogP contribution < -0.4 is 4.90 Å². The Kier molecular flexibility index (Phi) is 8.43. The van der Waals surface area contributed by atoms with Gasteiger partial charge in [0.05, 0.1) is 11.3 Å². The molecule has 0 spiro atoms. The molecule has 1 aliphatic rings. The van der Waals surface area contributed by atoms with E-state index in [1.807, 2.05) is 30.3 Å². The van der Waals surface area contributed by atoms with Gasteiger partial charge < -0.3 is 4.90 Å². The van der Waals surface area contributed by atoms with E-state index in [0.29, 0.717) is 44.6 Å². The van der Waals surface area contributed by atoms with E-state index in [1.54, 1.807) is 11.1 Å². The maximum absolute atomic E-state index is 13.4. The third kappa shape index (κ3) is 6.28. The van der Waals surface area contributed by atoms with Crippen molar-refractivity contribution in [1.29, 1.82) is 5.26 Å². The minimum atomic E-state index is -0.413. The van der Waals surface area contributed by atoms with Crippen LogP contribution in [0.15, 0.2) is 48.5 Å². The summed E-state index contributed by atoms with van der Waals surface area (Å²) in [5.74, 6) is -0.491. The minimum absolute atomic E-state index is 0.0336. The Bertz CT molecular complexity index is 889. The zero-order chi connectivity index (χ0) is 22.1. The molecule has 1 saturated heterocycles. The van der Waals surface area contributed by atoms with Crippen molar-refractivity contribution in [2.45, 2.75) is 45.6 Å². The zero-order valence-corrected chi connectivity index (χ0v) is 18.1. The first-order chi connectivity index (χ1) is 15.1. The molecule has 0 atom stereocenters. The van der Waals surface area contributed by atoms with Gasteiger partial charge in [0, 0.05) is 25.6 Å². The first kappa shape index (κ1) is 22.8. The predicted octanol–water partition coefficient (Wildman–Crippen LogP) is 5.06. The predicted molar refractivity (Wildman–Crippen MR) is 119 cm³/mol. The van der Waals surface area contributed by atoms with Gasteiger partial charge in [0.25, 0.3) is 0 Å². The second kappa shape index (κ2) is 11.5. The SMILES string of the molecule is CCCCCN(OCc1ccccc1)C(=O)C1CCN(c2ccc(F)cc2C#N)CC1. The molecule has 0 N–H and O–H groups in total. The number of carbonyl (C=O) groups is 1. The van der Waals surface area contributed by atoms with Crippen LogP contribution in [0.4, 0.5) is 10.1 Å². The molecule has 0 radical (unpaired) electrons. The standard InChI is InChI=1S/C25H30FN3O2/c1-2-3-7-14-29(31-19-20-8-5-4-6-9-20)25(30)21-12-15-28(16-13-21)24-11-10-23(26)17-22(24)18-27/h4-6,8-11,17,21H,2-3,7,12-16,19H2,1H3. The first-order valence-corrected chi connectivity index (χ1v) is 11.0. The lowest BCUT2D eigenvalue weighted by Crippen LogP contribution is -2.43. The Morgan fingerprint density at radius 3 is 2.61 bits per heavy atom. The number of benzene rings is 2. The van der Waals surface area contributed by atoms with Gasteiger partial charge in [-0.25, -0.2) is 9.45 Å². The van der Waals surface area contributed by atoms with E-state index < -0.39 is 5.82 Å². The smallest absolute Gasteiger partial charge is 0.249 e. The van der Waals surface area contributed by atoms with Crippen molar-refractivity contribution in [3.63, 3.8) is 0 Å². The average molecular weight is 424 g/mol.